The molecule has 29 heavy (non-hydrogen) atoms. The van der Waals surface area contributed by atoms with Crippen molar-refractivity contribution in [1.29, 1.82) is 0 Å². The second-order valence-electron chi connectivity index (χ2n) is 7.09. The molecule has 9 nitrogen and oxygen atoms in total. The highest BCUT2D eigenvalue weighted by atomic mass is 32.1. The Morgan fingerprint density at radius 3 is 2.55 bits per heavy atom. The number of nitrogens with zero attached hydrogens (tertiary/aromatic N) is 3. The number of nitrogens with two attached hydrogens (primary N) is 1. The highest BCUT2D eigenvalue weighted by Gasteiger charge is 2.16. The number of nitrogen functional groups attached to an aromatic ring is 1. The van der Waals surface area contributed by atoms with Crippen molar-refractivity contribution in [3.8, 4) is 5.88 Å². The quantitative estimate of drug-likeness (QED) is 0.605. The third kappa shape index (κ3) is 7.59. The molecule has 2 rings (SSSR count). The lowest BCUT2D eigenvalue weighted by Gasteiger charge is -2.25. The zero-order valence-corrected chi connectivity index (χ0v) is 18.0. The molecule has 158 valence electrons. The number of pyridine rings is 1. The molecule has 0 bridgehead atoms. The Morgan fingerprint density at radius 2 is 2.00 bits per heavy atom. The van der Waals surface area contributed by atoms with Crippen molar-refractivity contribution in [3.63, 3.8) is 0 Å². The number of nitrogens with one attached hydrogen (secondary N) is 2. The minimum atomic E-state index is -0.667. The van der Waals surface area contributed by atoms with Crippen LogP contribution in [0.4, 0.5) is 21.0 Å². The van der Waals surface area contributed by atoms with Gasteiger partial charge in [0.25, 0.3) is 0 Å². The highest BCUT2D eigenvalue weighted by Crippen LogP contribution is 2.23. The van der Waals surface area contributed by atoms with E-state index in [1.807, 2.05) is 32.8 Å². The van der Waals surface area contributed by atoms with Crippen molar-refractivity contribution < 1.29 is 14.3 Å². The van der Waals surface area contributed by atoms with E-state index in [4.69, 9.17) is 10.5 Å². The van der Waals surface area contributed by atoms with Gasteiger partial charge in [-0.25, -0.2) is 14.6 Å². The van der Waals surface area contributed by atoms with Gasteiger partial charge >= 0.3 is 12.1 Å². The van der Waals surface area contributed by atoms with Gasteiger partial charge in [-0.05, 0) is 33.5 Å². The Bertz CT molecular complexity index is 807. The lowest BCUT2D eigenvalue weighted by atomic mass is 10.2. The molecule has 0 saturated heterocycles. The van der Waals surface area contributed by atoms with Crippen LogP contribution in [0.2, 0.25) is 0 Å². The molecule has 2 heterocycles. The lowest BCUT2D eigenvalue weighted by Crippen LogP contribution is -2.45. The van der Waals surface area contributed by atoms with Gasteiger partial charge in [0.05, 0.1) is 11.4 Å². The Balaban J connectivity index is 1.96. The lowest BCUT2D eigenvalue weighted by molar-refractivity contribution is 0.186. The fraction of sp³-hybridized carbons (Fsp3) is 0.421. The number of anilines is 2. The summed E-state index contributed by atoms with van der Waals surface area (Å²) >= 11 is 1.38. The van der Waals surface area contributed by atoms with Crippen molar-refractivity contribution in [2.24, 2.45) is 0 Å². The first-order chi connectivity index (χ1) is 13.7. The molecule has 0 fully saturated rings. The number of amides is 3. The van der Waals surface area contributed by atoms with E-state index >= 15 is 0 Å². The van der Waals surface area contributed by atoms with Crippen molar-refractivity contribution in [2.75, 3.05) is 38.2 Å². The molecule has 0 unspecified atom stereocenters. The summed E-state index contributed by atoms with van der Waals surface area (Å²) in [5.41, 5.74) is 7.54. The standard InChI is InChI=1S/C19H28N6O3S/c1-13(2)22-18(26)25(8-7-24(3)4)10-14-5-6-17(21-9-14)28-19(27)23-16-12-29-11-15(16)20/h5-6,9,11-13H,7-8,10,20H2,1-4H3,(H,22,26)(H,23,27). The van der Waals surface area contributed by atoms with Crippen LogP contribution in [0.15, 0.2) is 29.1 Å². The van der Waals surface area contributed by atoms with Gasteiger partial charge < -0.3 is 25.6 Å². The fourth-order valence-corrected chi connectivity index (χ4v) is 3.01. The van der Waals surface area contributed by atoms with E-state index in [9.17, 15) is 9.59 Å². The van der Waals surface area contributed by atoms with Gasteiger partial charge in [0.15, 0.2) is 0 Å². The van der Waals surface area contributed by atoms with E-state index < -0.39 is 6.09 Å². The van der Waals surface area contributed by atoms with Crippen LogP contribution in [0.3, 0.4) is 0 Å². The first-order valence-electron chi connectivity index (χ1n) is 9.20. The average Bonchev–Trinajstić information content (AvgIpc) is 3.03. The molecule has 0 saturated carbocycles. The normalized spacial score (nSPS) is 10.8. The number of likely N-dealkylation sites (N-methyl/N-ethyl adjacent to an activating group) is 1. The Morgan fingerprint density at radius 1 is 1.24 bits per heavy atom. The molecule has 0 spiro atoms. The average molecular weight is 421 g/mol. The number of hydrogen-bond donors (Lipinski definition) is 3. The first kappa shape index (κ1) is 22.4. The fourth-order valence-electron chi connectivity index (χ4n) is 2.34. The number of hydrogen-bond acceptors (Lipinski definition) is 7. The number of carbonyl (C=O) groups is 2. The summed E-state index contributed by atoms with van der Waals surface area (Å²) in [6.45, 7) is 5.56. The molecule has 10 heteroatoms. The maximum Gasteiger partial charge on any atom is 0.418 e. The summed E-state index contributed by atoms with van der Waals surface area (Å²) in [4.78, 5) is 32.3. The third-order valence-corrected chi connectivity index (χ3v) is 4.58. The van der Waals surface area contributed by atoms with Crippen LogP contribution in [0.1, 0.15) is 19.4 Å². The Kier molecular flexibility index (Phi) is 8.22. The Labute approximate surface area is 174 Å². The number of ether oxygens (including phenoxy) is 1. The second kappa shape index (κ2) is 10.6. The van der Waals surface area contributed by atoms with Gasteiger partial charge in [-0.3, -0.25) is 5.32 Å². The predicted octanol–water partition coefficient (Wildman–Crippen LogP) is 2.82. The maximum absolute atomic E-state index is 12.5. The largest absolute Gasteiger partial charge is 0.418 e. The van der Waals surface area contributed by atoms with Crippen molar-refractivity contribution in [1.82, 2.24) is 20.1 Å². The van der Waals surface area contributed by atoms with Crippen LogP contribution >= 0.6 is 11.3 Å². The minimum Gasteiger partial charge on any atom is -0.396 e. The smallest absolute Gasteiger partial charge is 0.396 e. The van der Waals surface area contributed by atoms with E-state index in [1.165, 1.54) is 11.3 Å². The van der Waals surface area contributed by atoms with Gasteiger partial charge in [-0.15, -0.1) is 11.3 Å². The summed E-state index contributed by atoms with van der Waals surface area (Å²) in [6, 6.07) is 3.29. The number of urea groups is 1. The molecule has 0 aliphatic heterocycles. The molecule has 0 aliphatic carbocycles. The van der Waals surface area contributed by atoms with Crippen molar-refractivity contribution in [3.05, 3.63) is 34.7 Å². The van der Waals surface area contributed by atoms with Crippen LogP contribution < -0.4 is 21.1 Å². The zero-order chi connectivity index (χ0) is 21.4. The van der Waals surface area contributed by atoms with Crippen LogP contribution in [-0.4, -0.2) is 60.1 Å². The molecule has 0 aromatic carbocycles. The molecular formula is C19H28N6O3S. The summed E-state index contributed by atoms with van der Waals surface area (Å²) in [6.07, 6.45) is 0.923. The SMILES string of the molecule is CC(C)NC(=O)N(CCN(C)C)Cc1ccc(OC(=O)Nc2cscc2N)nc1. The van der Waals surface area contributed by atoms with Crippen LogP contribution in [0, 0.1) is 0 Å². The molecule has 2 aromatic heterocycles. The minimum absolute atomic E-state index is 0.0500. The molecular weight excluding hydrogens is 392 g/mol. The molecule has 0 atom stereocenters. The van der Waals surface area contributed by atoms with Gasteiger partial charge in [-0.2, -0.15) is 0 Å². The molecule has 3 amide bonds. The monoisotopic (exact) mass is 420 g/mol. The molecule has 0 radical (unpaired) electrons. The van der Waals surface area contributed by atoms with Crippen LogP contribution in [0.5, 0.6) is 5.88 Å². The van der Waals surface area contributed by atoms with Crippen LogP contribution in [-0.2, 0) is 6.54 Å². The second-order valence-corrected chi connectivity index (χ2v) is 7.83. The van der Waals surface area contributed by atoms with Crippen molar-refractivity contribution in [2.45, 2.75) is 26.4 Å². The van der Waals surface area contributed by atoms with E-state index in [2.05, 4.69) is 15.6 Å². The molecule has 4 N–H and O–H groups in total. The van der Waals surface area contributed by atoms with Gasteiger partial charge in [0.2, 0.25) is 5.88 Å². The number of thiophene rings is 1. The summed E-state index contributed by atoms with van der Waals surface area (Å²) in [5, 5.41) is 8.92. The van der Waals surface area contributed by atoms with E-state index in [1.54, 1.807) is 34.0 Å². The number of carbonyl (C=O) groups excluding carboxylic acids is 2. The molecule has 0 aliphatic rings. The third-order valence-electron chi connectivity index (χ3n) is 3.81. The topological polar surface area (TPSA) is 113 Å². The van der Waals surface area contributed by atoms with E-state index in [0.29, 0.717) is 24.5 Å². The van der Waals surface area contributed by atoms with Crippen molar-refractivity contribution >= 4 is 34.8 Å². The summed E-state index contributed by atoms with van der Waals surface area (Å²) < 4.78 is 5.17. The number of aromatic nitrogens is 1. The zero-order valence-electron chi connectivity index (χ0n) is 17.1. The highest BCUT2D eigenvalue weighted by molar-refractivity contribution is 7.09. The number of rotatable bonds is 8. The maximum atomic E-state index is 12.5. The van der Waals surface area contributed by atoms with Crippen LogP contribution in [0.25, 0.3) is 0 Å². The predicted molar refractivity (Wildman–Crippen MR) is 115 cm³/mol. The summed E-state index contributed by atoms with van der Waals surface area (Å²) in [5.74, 6) is 0.159. The summed E-state index contributed by atoms with van der Waals surface area (Å²) in [7, 11) is 3.92. The first-order valence-corrected chi connectivity index (χ1v) is 10.1. The van der Waals surface area contributed by atoms with E-state index in [-0.39, 0.29) is 18.0 Å². The van der Waals surface area contributed by atoms with Gasteiger partial charge in [0, 0.05) is 48.7 Å². The Hall–Kier alpha value is -2.85. The van der Waals surface area contributed by atoms with Gasteiger partial charge in [-0.1, -0.05) is 6.07 Å². The molecule has 2 aromatic rings. The van der Waals surface area contributed by atoms with Gasteiger partial charge in [0.1, 0.15) is 0 Å². The van der Waals surface area contributed by atoms with E-state index in [0.717, 1.165) is 12.1 Å².